The van der Waals surface area contributed by atoms with Crippen LogP contribution in [0.15, 0.2) is 35.0 Å². The number of rotatable bonds is 2. The second-order valence-electron chi connectivity index (χ2n) is 3.55. The van der Waals surface area contributed by atoms with E-state index in [9.17, 15) is 0 Å². The summed E-state index contributed by atoms with van der Waals surface area (Å²) in [5, 5.41) is 3.26. The molecule has 1 nitrogen and oxygen atoms in total. The van der Waals surface area contributed by atoms with E-state index in [2.05, 4.69) is 36.9 Å². The van der Waals surface area contributed by atoms with Gasteiger partial charge in [0.05, 0.1) is 0 Å². The number of hydrogen-bond donors (Lipinski definition) is 1. The van der Waals surface area contributed by atoms with Gasteiger partial charge in [-0.15, -0.1) is 0 Å². The summed E-state index contributed by atoms with van der Waals surface area (Å²) < 4.78 is 0. The van der Waals surface area contributed by atoms with Gasteiger partial charge in [0.2, 0.25) is 0 Å². The van der Waals surface area contributed by atoms with Gasteiger partial charge in [0, 0.05) is 0 Å². The van der Waals surface area contributed by atoms with Crippen LogP contribution in [0, 0.1) is 0 Å². The van der Waals surface area contributed by atoms with Gasteiger partial charge in [-0.1, -0.05) is 0 Å². The predicted octanol–water partition coefficient (Wildman–Crippen LogP) is 2.24. The third-order valence-electron chi connectivity index (χ3n) is 2.55. The molecular weight excluding hydrogens is 169 g/mol. The molecule has 1 N–H and O–H groups in total. The zero-order valence-corrected chi connectivity index (χ0v) is 9.14. The molecule has 0 amide bonds. The van der Waals surface area contributed by atoms with Gasteiger partial charge in [0.15, 0.2) is 0 Å². The van der Waals surface area contributed by atoms with Crippen molar-refractivity contribution in [1.82, 2.24) is 5.32 Å². The van der Waals surface area contributed by atoms with Crippen molar-refractivity contribution >= 4 is 13.4 Å². The Hall–Kier alpha value is -1.05. The molecule has 0 fully saturated rings. The SMILES string of the molecule is C=BC1=CCCC/C(NC)=C(\C)C=C1. The second kappa shape index (κ2) is 5.64. The fourth-order valence-corrected chi connectivity index (χ4v) is 1.61. The average Bonchev–Trinajstić information content (AvgIpc) is 2.29. The Kier molecular flexibility index (Phi) is 4.44. The molecule has 0 aromatic heterocycles. The average molecular weight is 187 g/mol. The fourth-order valence-electron chi connectivity index (χ4n) is 1.61. The third kappa shape index (κ3) is 3.02. The summed E-state index contributed by atoms with van der Waals surface area (Å²) in [4.78, 5) is 0. The molecule has 1 rings (SSSR count). The van der Waals surface area contributed by atoms with Crippen molar-refractivity contribution in [3.63, 3.8) is 0 Å². The van der Waals surface area contributed by atoms with Crippen molar-refractivity contribution in [2.45, 2.75) is 26.2 Å². The standard InChI is InChI=1S/C12H18BN/c1-10-8-9-11(13-2)6-4-5-7-12(10)14-3/h6,8-9,14H,2,4-5,7H2,1,3H3/b9-8?,11-6?,12-10-. The first-order chi connectivity index (χ1) is 6.77. The van der Waals surface area contributed by atoms with E-state index in [1.807, 2.05) is 14.0 Å². The van der Waals surface area contributed by atoms with Gasteiger partial charge in [-0.3, -0.25) is 0 Å². The molecular formula is C12H18BN. The summed E-state index contributed by atoms with van der Waals surface area (Å²) in [6.45, 7) is 7.86. The minimum absolute atomic E-state index is 1.13. The van der Waals surface area contributed by atoms with E-state index in [4.69, 9.17) is 0 Å². The molecule has 0 radical (unpaired) electrons. The molecule has 74 valence electrons. The maximum absolute atomic E-state index is 3.80. The van der Waals surface area contributed by atoms with Crippen LogP contribution in [-0.2, 0) is 0 Å². The zero-order chi connectivity index (χ0) is 10.4. The fraction of sp³-hybridized carbons (Fsp3) is 0.417. The van der Waals surface area contributed by atoms with E-state index in [0.29, 0.717) is 0 Å². The van der Waals surface area contributed by atoms with Crippen molar-refractivity contribution in [1.29, 1.82) is 0 Å². The van der Waals surface area contributed by atoms with Crippen LogP contribution in [0.1, 0.15) is 26.2 Å². The number of nitrogens with one attached hydrogen (secondary N) is 1. The first-order valence-electron chi connectivity index (χ1n) is 5.16. The van der Waals surface area contributed by atoms with Crippen molar-refractivity contribution < 1.29 is 0 Å². The van der Waals surface area contributed by atoms with Crippen molar-refractivity contribution in [2.24, 2.45) is 0 Å². The molecule has 0 atom stereocenters. The molecule has 0 aliphatic heterocycles. The molecule has 0 unspecified atom stereocenters. The molecule has 0 heterocycles. The summed E-state index contributed by atoms with van der Waals surface area (Å²) in [6, 6.07) is 0. The Balaban J connectivity index is 2.90. The van der Waals surface area contributed by atoms with E-state index < -0.39 is 0 Å². The van der Waals surface area contributed by atoms with Gasteiger partial charge in [0.25, 0.3) is 0 Å². The molecule has 14 heavy (non-hydrogen) atoms. The molecule has 2 heteroatoms. The number of hydrogen-bond acceptors (Lipinski definition) is 1. The van der Waals surface area contributed by atoms with Crippen molar-refractivity contribution in [2.75, 3.05) is 7.05 Å². The van der Waals surface area contributed by atoms with Crippen LogP contribution in [0.2, 0.25) is 0 Å². The molecule has 0 spiro atoms. The Morgan fingerprint density at radius 2 is 2.21 bits per heavy atom. The first-order valence-corrected chi connectivity index (χ1v) is 5.16. The summed E-state index contributed by atoms with van der Waals surface area (Å²) in [7, 11) is 1.99. The Bertz CT molecular complexity index is 297. The van der Waals surface area contributed by atoms with E-state index in [1.54, 1.807) is 0 Å². The van der Waals surface area contributed by atoms with Crippen LogP contribution >= 0.6 is 0 Å². The van der Waals surface area contributed by atoms with Crippen molar-refractivity contribution in [3.8, 4) is 0 Å². The van der Waals surface area contributed by atoms with Gasteiger partial charge in [-0.25, -0.2) is 0 Å². The van der Waals surface area contributed by atoms with Gasteiger partial charge in [-0.05, 0) is 0 Å². The molecule has 0 bridgehead atoms. The summed E-state index contributed by atoms with van der Waals surface area (Å²) in [6.07, 6.45) is 10.00. The Morgan fingerprint density at radius 1 is 1.43 bits per heavy atom. The van der Waals surface area contributed by atoms with Gasteiger partial charge in [0.1, 0.15) is 0 Å². The van der Waals surface area contributed by atoms with Crippen LogP contribution < -0.4 is 5.32 Å². The maximum atomic E-state index is 3.80. The third-order valence-corrected chi connectivity index (χ3v) is 2.55. The van der Waals surface area contributed by atoms with Crippen LogP contribution in [0.5, 0.6) is 0 Å². The Morgan fingerprint density at radius 3 is 2.86 bits per heavy atom. The van der Waals surface area contributed by atoms with E-state index in [0.717, 1.165) is 12.8 Å². The van der Waals surface area contributed by atoms with E-state index in [1.165, 1.54) is 23.2 Å². The molecule has 1 aliphatic rings. The molecule has 1 aliphatic carbocycles. The zero-order valence-electron chi connectivity index (χ0n) is 9.14. The van der Waals surface area contributed by atoms with Gasteiger partial charge in [-0.2, -0.15) is 0 Å². The summed E-state index contributed by atoms with van der Waals surface area (Å²) in [5.41, 5.74) is 3.89. The molecule has 0 saturated heterocycles. The minimum atomic E-state index is 1.13. The van der Waals surface area contributed by atoms with Crippen LogP contribution in [0.3, 0.4) is 0 Å². The molecule has 0 aromatic rings. The van der Waals surface area contributed by atoms with Crippen molar-refractivity contribution in [3.05, 3.63) is 35.0 Å². The monoisotopic (exact) mass is 187 g/mol. The van der Waals surface area contributed by atoms with Crippen LogP contribution in [0.25, 0.3) is 0 Å². The van der Waals surface area contributed by atoms with E-state index in [-0.39, 0.29) is 0 Å². The number of allylic oxidation sites excluding steroid dienone is 6. The summed E-state index contributed by atoms with van der Waals surface area (Å²) in [5.74, 6) is 0. The molecule has 0 saturated carbocycles. The topological polar surface area (TPSA) is 12.0 Å². The van der Waals surface area contributed by atoms with Gasteiger partial charge >= 0.3 is 86.9 Å². The van der Waals surface area contributed by atoms with Crippen LogP contribution in [0.4, 0.5) is 0 Å². The molecule has 0 aromatic carbocycles. The quantitative estimate of drug-likeness (QED) is 0.653. The predicted molar refractivity (Wildman–Crippen MR) is 65.7 cm³/mol. The first kappa shape index (κ1) is 11.0. The van der Waals surface area contributed by atoms with Gasteiger partial charge < -0.3 is 0 Å². The van der Waals surface area contributed by atoms with Crippen LogP contribution in [-0.4, -0.2) is 20.4 Å². The second-order valence-corrected chi connectivity index (χ2v) is 3.55. The summed E-state index contributed by atoms with van der Waals surface area (Å²) >= 11 is 0. The normalized spacial score (nSPS) is 22.9. The van der Waals surface area contributed by atoms with E-state index >= 15 is 0 Å². The Labute approximate surface area is 87.5 Å².